The maximum absolute atomic E-state index is 12.3. The molecule has 4 N–H and O–H groups in total. The Morgan fingerprint density at radius 2 is 1.88 bits per heavy atom. The quantitative estimate of drug-likeness (QED) is 0.496. The van der Waals surface area contributed by atoms with Crippen LogP contribution in [-0.4, -0.2) is 20.4 Å². The highest BCUT2D eigenvalue weighted by Gasteiger charge is 2.18. The van der Waals surface area contributed by atoms with Crippen LogP contribution in [0.1, 0.15) is 18.1 Å². The molecular formula is C19H18N4O3. The van der Waals surface area contributed by atoms with Crippen molar-refractivity contribution < 1.29 is 5.11 Å². The maximum Gasteiger partial charge on any atom is 0.335 e. The zero-order valence-electron chi connectivity index (χ0n) is 14.4. The molecule has 1 aromatic heterocycles. The number of nitrogens with one attached hydrogen (secondary N) is 1. The number of rotatable bonds is 3. The van der Waals surface area contributed by atoms with Gasteiger partial charge in [-0.2, -0.15) is 0 Å². The highest BCUT2D eigenvalue weighted by Crippen LogP contribution is 2.22. The summed E-state index contributed by atoms with van der Waals surface area (Å²) in [7, 11) is 0. The van der Waals surface area contributed by atoms with E-state index in [4.69, 9.17) is 5.73 Å². The molecule has 0 radical (unpaired) electrons. The number of para-hydroxylation sites is 1. The Morgan fingerprint density at radius 3 is 2.58 bits per heavy atom. The third-order valence-corrected chi connectivity index (χ3v) is 3.97. The topological polar surface area (TPSA) is 113 Å². The molecular weight excluding hydrogens is 332 g/mol. The SMILES string of the molecule is CC(=Nc1cccc(N)c1)c1c(O)n(-c2ccccc2C)c(=O)[nH]c1=O. The number of aromatic nitrogens is 2. The molecule has 2 aromatic carbocycles. The molecule has 132 valence electrons. The van der Waals surface area contributed by atoms with E-state index in [9.17, 15) is 14.7 Å². The van der Waals surface area contributed by atoms with Crippen LogP contribution in [0.4, 0.5) is 11.4 Å². The minimum atomic E-state index is -0.720. The number of nitrogens with zero attached hydrogens (tertiary/aromatic N) is 2. The van der Waals surface area contributed by atoms with Crippen LogP contribution in [0.25, 0.3) is 5.69 Å². The van der Waals surface area contributed by atoms with E-state index in [0.717, 1.165) is 10.1 Å². The van der Waals surface area contributed by atoms with Gasteiger partial charge in [0.25, 0.3) is 5.56 Å². The van der Waals surface area contributed by atoms with Crippen LogP contribution >= 0.6 is 0 Å². The number of nitrogen functional groups attached to an aromatic ring is 1. The number of hydrogen-bond acceptors (Lipinski definition) is 5. The fraction of sp³-hybridized carbons (Fsp3) is 0.105. The summed E-state index contributed by atoms with van der Waals surface area (Å²) in [5, 5.41) is 10.7. The number of hydrogen-bond donors (Lipinski definition) is 3. The second-order valence-electron chi connectivity index (χ2n) is 5.87. The lowest BCUT2D eigenvalue weighted by molar-refractivity contribution is 0.429. The summed E-state index contributed by atoms with van der Waals surface area (Å²) >= 11 is 0. The van der Waals surface area contributed by atoms with Gasteiger partial charge in [-0.25, -0.2) is 9.36 Å². The van der Waals surface area contributed by atoms with Gasteiger partial charge in [0.15, 0.2) is 0 Å². The summed E-state index contributed by atoms with van der Waals surface area (Å²) < 4.78 is 1.06. The Labute approximate surface area is 149 Å². The molecule has 0 amide bonds. The Balaban J connectivity index is 2.23. The molecule has 0 saturated heterocycles. The smallest absolute Gasteiger partial charge is 0.335 e. The maximum atomic E-state index is 12.3. The zero-order valence-corrected chi connectivity index (χ0v) is 14.4. The molecule has 0 unspecified atom stereocenters. The van der Waals surface area contributed by atoms with Crippen LogP contribution in [-0.2, 0) is 0 Å². The largest absolute Gasteiger partial charge is 0.493 e. The van der Waals surface area contributed by atoms with Gasteiger partial charge in [0.1, 0.15) is 5.56 Å². The van der Waals surface area contributed by atoms with Gasteiger partial charge in [-0.3, -0.25) is 14.8 Å². The van der Waals surface area contributed by atoms with E-state index < -0.39 is 17.1 Å². The van der Waals surface area contributed by atoms with Crippen LogP contribution < -0.4 is 17.0 Å². The van der Waals surface area contributed by atoms with Crippen molar-refractivity contribution in [2.75, 3.05) is 5.73 Å². The van der Waals surface area contributed by atoms with E-state index in [0.29, 0.717) is 17.1 Å². The van der Waals surface area contributed by atoms with Gasteiger partial charge in [0.05, 0.1) is 17.1 Å². The second kappa shape index (κ2) is 6.72. The van der Waals surface area contributed by atoms with Gasteiger partial charge < -0.3 is 10.8 Å². The van der Waals surface area contributed by atoms with Gasteiger partial charge in [0.2, 0.25) is 5.88 Å². The summed E-state index contributed by atoms with van der Waals surface area (Å²) in [6.07, 6.45) is 0. The highest BCUT2D eigenvalue weighted by molar-refractivity contribution is 6.01. The first-order chi connectivity index (χ1) is 12.4. The van der Waals surface area contributed by atoms with Crippen LogP contribution in [0.2, 0.25) is 0 Å². The van der Waals surface area contributed by atoms with Gasteiger partial charge in [-0.15, -0.1) is 0 Å². The van der Waals surface area contributed by atoms with Crippen molar-refractivity contribution in [3.8, 4) is 11.6 Å². The van der Waals surface area contributed by atoms with E-state index >= 15 is 0 Å². The lowest BCUT2D eigenvalue weighted by Crippen LogP contribution is -2.33. The van der Waals surface area contributed by atoms with Crippen LogP contribution in [0.3, 0.4) is 0 Å². The first kappa shape index (κ1) is 17.2. The molecule has 0 aliphatic heterocycles. The summed E-state index contributed by atoms with van der Waals surface area (Å²) in [5.74, 6) is -0.460. The lowest BCUT2D eigenvalue weighted by atomic mass is 10.1. The van der Waals surface area contributed by atoms with Crippen LogP contribution in [0, 0.1) is 6.92 Å². The summed E-state index contributed by atoms with van der Waals surface area (Å²) in [6, 6.07) is 13.9. The van der Waals surface area contributed by atoms with Crippen molar-refractivity contribution in [2.24, 2.45) is 4.99 Å². The molecule has 0 aliphatic carbocycles. The Morgan fingerprint density at radius 1 is 1.15 bits per heavy atom. The Bertz CT molecular complexity index is 1130. The predicted molar refractivity (Wildman–Crippen MR) is 102 cm³/mol. The van der Waals surface area contributed by atoms with Crippen molar-refractivity contribution in [2.45, 2.75) is 13.8 Å². The van der Waals surface area contributed by atoms with Crippen molar-refractivity contribution in [1.82, 2.24) is 9.55 Å². The molecule has 0 aliphatic rings. The molecule has 26 heavy (non-hydrogen) atoms. The van der Waals surface area contributed by atoms with Crippen LogP contribution in [0.15, 0.2) is 63.1 Å². The number of anilines is 1. The van der Waals surface area contributed by atoms with E-state index in [1.807, 2.05) is 6.07 Å². The number of H-pyrrole nitrogens is 1. The number of benzene rings is 2. The fourth-order valence-corrected chi connectivity index (χ4v) is 2.73. The molecule has 7 heteroatoms. The first-order valence-corrected chi connectivity index (χ1v) is 7.94. The number of aliphatic imine (C=N–C) groups is 1. The summed E-state index contributed by atoms with van der Waals surface area (Å²) in [4.78, 5) is 31.2. The third-order valence-electron chi connectivity index (χ3n) is 3.97. The van der Waals surface area contributed by atoms with Crippen molar-refractivity contribution in [3.63, 3.8) is 0 Å². The number of nitrogens with two attached hydrogens (primary N) is 1. The molecule has 3 aromatic rings. The number of aryl methyl sites for hydroxylation is 1. The number of aromatic amines is 1. The number of aromatic hydroxyl groups is 1. The van der Waals surface area contributed by atoms with Crippen molar-refractivity contribution >= 4 is 17.1 Å². The molecule has 7 nitrogen and oxygen atoms in total. The molecule has 0 fully saturated rings. The van der Waals surface area contributed by atoms with Gasteiger partial charge >= 0.3 is 5.69 Å². The minimum Gasteiger partial charge on any atom is -0.493 e. The summed E-state index contributed by atoms with van der Waals surface area (Å²) in [6.45, 7) is 3.39. The first-order valence-electron chi connectivity index (χ1n) is 7.94. The van der Waals surface area contributed by atoms with Crippen molar-refractivity contribution in [1.29, 1.82) is 0 Å². The minimum absolute atomic E-state index is 0.0738. The van der Waals surface area contributed by atoms with Gasteiger partial charge in [-0.05, 0) is 43.7 Å². The Hall–Kier alpha value is -3.61. The van der Waals surface area contributed by atoms with E-state index in [1.165, 1.54) is 0 Å². The highest BCUT2D eigenvalue weighted by atomic mass is 16.3. The standard InChI is InChI=1S/C19H18N4O3/c1-11-6-3-4-9-15(11)23-18(25)16(17(24)22-19(23)26)12(2)21-14-8-5-7-13(20)10-14/h3-10,25H,20H2,1-2H3,(H,22,24,26). The van der Waals surface area contributed by atoms with Crippen molar-refractivity contribution in [3.05, 3.63) is 80.5 Å². The molecule has 1 heterocycles. The van der Waals surface area contributed by atoms with E-state index in [1.54, 1.807) is 56.3 Å². The molecule has 0 saturated carbocycles. The monoisotopic (exact) mass is 350 g/mol. The third kappa shape index (κ3) is 3.14. The zero-order chi connectivity index (χ0) is 18.8. The Kier molecular flexibility index (Phi) is 4.45. The molecule has 0 spiro atoms. The van der Waals surface area contributed by atoms with Gasteiger partial charge in [0, 0.05) is 5.69 Å². The van der Waals surface area contributed by atoms with E-state index in [-0.39, 0.29) is 11.3 Å². The second-order valence-corrected chi connectivity index (χ2v) is 5.87. The lowest BCUT2D eigenvalue weighted by Gasteiger charge is -2.13. The summed E-state index contributed by atoms with van der Waals surface area (Å²) in [5.41, 5.74) is 6.81. The predicted octanol–water partition coefficient (Wildman–Crippen LogP) is 2.26. The van der Waals surface area contributed by atoms with Gasteiger partial charge in [-0.1, -0.05) is 24.3 Å². The van der Waals surface area contributed by atoms with Crippen LogP contribution in [0.5, 0.6) is 5.88 Å². The molecule has 3 rings (SSSR count). The molecule has 0 bridgehead atoms. The molecule has 0 atom stereocenters. The normalized spacial score (nSPS) is 11.5. The average Bonchev–Trinajstić information content (AvgIpc) is 2.56. The average molecular weight is 350 g/mol. The fourth-order valence-electron chi connectivity index (χ4n) is 2.73. The van der Waals surface area contributed by atoms with E-state index in [2.05, 4.69) is 9.98 Å².